The largest absolute Gasteiger partial charge is 0.495 e. The number of methoxy groups -OCH3 is 1. The van der Waals surface area contributed by atoms with Gasteiger partial charge in [-0.2, -0.15) is 0 Å². The summed E-state index contributed by atoms with van der Waals surface area (Å²) in [4.78, 5) is 0. The third-order valence-electron chi connectivity index (χ3n) is 2.92. The van der Waals surface area contributed by atoms with E-state index in [4.69, 9.17) is 10.5 Å². The molecule has 2 N–H and O–H groups in total. The summed E-state index contributed by atoms with van der Waals surface area (Å²) in [5.41, 5.74) is 9.35. The number of hydrogen-bond donors (Lipinski definition) is 1. The van der Waals surface area contributed by atoms with Crippen LogP contribution in [-0.2, 0) is 0 Å². The lowest BCUT2D eigenvalue weighted by molar-refractivity contribution is 0.417. The summed E-state index contributed by atoms with van der Waals surface area (Å²) in [5.74, 6) is 0.777. The fraction of sp³-hybridized carbons (Fsp3) is 0.385. The highest BCUT2D eigenvalue weighted by atomic mass is 16.5. The number of rotatable bonds is 2. The van der Waals surface area contributed by atoms with Crippen molar-refractivity contribution in [1.82, 2.24) is 0 Å². The predicted molar refractivity (Wildman–Crippen MR) is 63.9 cm³/mol. The maximum absolute atomic E-state index is 6.06. The van der Waals surface area contributed by atoms with Crippen LogP contribution in [-0.4, -0.2) is 7.11 Å². The number of benzene rings is 1. The second-order valence-corrected chi connectivity index (χ2v) is 3.90. The van der Waals surface area contributed by atoms with Gasteiger partial charge in [-0.05, 0) is 37.3 Å². The van der Waals surface area contributed by atoms with Gasteiger partial charge in [0.25, 0.3) is 0 Å². The normalized spacial score (nSPS) is 15.9. The molecule has 0 spiro atoms. The van der Waals surface area contributed by atoms with Crippen molar-refractivity contribution in [2.75, 3.05) is 12.8 Å². The molecule has 1 aliphatic carbocycles. The number of anilines is 1. The molecular weight excluding hydrogens is 186 g/mol. The summed E-state index contributed by atoms with van der Waals surface area (Å²) >= 11 is 0. The molecule has 15 heavy (non-hydrogen) atoms. The van der Waals surface area contributed by atoms with E-state index in [9.17, 15) is 0 Å². The molecule has 0 aromatic heterocycles. The van der Waals surface area contributed by atoms with E-state index in [0.717, 1.165) is 23.4 Å². The van der Waals surface area contributed by atoms with Gasteiger partial charge in [-0.1, -0.05) is 18.2 Å². The van der Waals surface area contributed by atoms with Crippen molar-refractivity contribution in [1.29, 1.82) is 0 Å². The zero-order chi connectivity index (χ0) is 10.7. The zero-order valence-electron chi connectivity index (χ0n) is 9.12. The van der Waals surface area contributed by atoms with E-state index in [1.54, 1.807) is 7.11 Å². The minimum Gasteiger partial charge on any atom is -0.495 e. The van der Waals surface area contributed by atoms with Crippen LogP contribution in [0.4, 0.5) is 5.69 Å². The number of allylic oxidation sites excluding steroid dienone is 2. The minimum absolute atomic E-state index is 0.771. The monoisotopic (exact) mass is 203 g/mol. The van der Waals surface area contributed by atoms with Crippen molar-refractivity contribution in [2.45, 2.75) is 25.7 Å². The van der Waals surface area contributed by atoms with Crippen LogP contribution >= 0.6 is 0 Å². The molecule has 0 heterocycles. The van der Waals surface area contributed by atoms with Gasteiger partial charge < -0.3 is 10.5 Å². The fourth-order valence-corrected chi connectivity index (χ4v) is 2.08. The standard InChI is InChI=1S/C13H17NO/c1-15-12-9-5-8-11(13(12)14)10-6-3-2-4-7-10/h5-6,8-9H,2-4,7,14H2,1H3. The van der Waals surface area contributed by atoms with Gasteiger partial charge in [0.05, 0.1) is 12.8 Å². The van der Waals surface area contributed by atoms with E-state index in [1.807, 2.05) is 12.1 Å². The number of para-hydroxylation sites is 1. The van der Waals surface area contributed by atoms with Crippen molar-refractivity contribution in [3.8, 4) is 5.75 Å². The lowest BCUT2D eigenvalue weighted by Crippen LogP contribution is -1.99. The van der Waals surface area contributed by atoms with E-state index in [-0.39, 0.29) is 0 Å². The van der Waals surface area contributed by atoms with Crippen molar-refractivity contribution < 1.29 is 4.74 Å². The molecule has 0 unspecified atom stereocenters. The van der Waals surface area contributed by atoms with Gasteiger partial charge in [-0.15, -0.1) is 0 Å². The van der Waals surface area contributed by atoms with E-state index in [0.29, 0.717) is 0 Å². The Labute approximate surface area is 90.7 Å². The van der Waals surface area contributed by atoms with Crippen LogP contribution in [0.25, 0.3) is 5.57 Å². The molecule has 1 aromatic carbocycles. The molecular formula is C13H17NO. The number of nitrogens with two attached hydrogens (primary N) is 1. The summed E-state index contributed by atoms with van der Waals surface area (Å²) in [6.07, 6.45) is 7.17. The summed E-state index contributed by atoms with van der Waals surface area (Å²) in [7, 11) is 1.66. The molecule has 0 saturated heterocycles. The highest BCUT2D eigenvalue weighted by Gasteiger charge is 2.11. The van der Waals surface area contributed by atoms with E-state index >= 15 is 0 Å². The van der Waals surface area contributed by atoms with Gasteiger partial charge in [-0.25, -0.2) is 0 Å². The molecule has 0 fully saturated rings. The Morgan fingerprint density at radius 1 is 1.27 bits per heavy atom. The van der Waals surface area contributed by atoms with Crippen LogP contribution in [0.5, 0.6) is 5.75 Å². The Morgan fingerprint density at radius 2 is 2.13 bits per heavy atom. The first kappa shape index (κ1) is 10.1. The molecule has 2 nitrogen and oxygen atoms in total. The zero-order valence-corrected chi connectivity index (χ0v) is 9.12. The maximum Gasteiger partial charge on any atom is 0.142 e. The third kappa shape index (κ3) is 1.99. The Balaban J connectivity index is 2.39. The second-order valence-electron chi connectivity index (χ2n) is 3.90. The molecule has 1 aromatic rings. The average Bonchev–Trinajstić information content (AvgIpc) is 2.30. The van der Waals surface area contributed by atoms with Gasteiger partial charge in [0, 0.05) is 5.56 Å². The molecule has 2 heteroatoms. The lowest BCUT2D eigenvalue weighted by atomic mass is 9.92. The van der Waals surface area contributed by atoms with Crippen molar-refractivity contribution in [2.24, 2.45) is 0 Å². The lowest BCUT2D eigenvalue weighted by Gasteiger charge is -2.16. The van der Waals surface area contributed by atoms with Crippen LogP contribution in [0.1, 0.15) is 31.2 Å². The van der Waals surface area contributed by atoms with Gasteiger partial charge >= 0.3 is 0 Å². The molecule has 0 bridgehead atoms. The Bertz CT molecular complexity index is 382. The van der Waals surface area contributed by atoms with Gasteiger partial charge in [0.2, 0.25) is 0 Å². The summed E-state index contributed by atoms with van der Waals surface area (Å²) in [6, 6.07) is 5.98. The first-order valence-electron chi connectivity index (χ1n) is 5.45. The van der Waals surface area contributed by atoms with Crippen LogP contribution in [0.15, 0.2) is 24.3 Å². The molecule has 1 aliphatic rings. The van der Waals surface area contributed by atoms with E-state index in [1.165, 1.54) is 24.8 Å². The first-order valence-corrected chi connectivity index (χ1v) is 5.45. The van der Waals surface area contributed by atoms with Crippen molar-refractivity contribution >= 4 is 11.3 Å². The first-order chi connectivity index (χ1) is 7.33. The number of ether oxygens (including phenoxy) is 1. The Morgan fingerprint density at radius 3 is 2.80 bits per heavy atom. The van der Waals surface area contributed by atoms with Crippen molar-refractivity contribution in [3.63, 3.8) is 0 Å². The van der Waals surface area contributed by atoms with Gasteiger partial charge in [-0.3, -0.25) is 0 Å². The summed E-state index contributed by atoms with van der Waals surface area (Å²) < 4.78 is 5.22. The van der Waals surface area contributed by atoms with E-state index in [2.05, 4.69) is 12.1 Å². The van der Waals surface area contributed by atoms with Crippen LogP contribution in [0.2, 0.25) is 0 Å². The molecule has 0 radical (unpaired) electrons. The average molecular weight is 203 g/mol. The summed E-state index contributed by atoms with van der Waals surface area (Å²) in [6.45, 7) is 0. The second kappa shape index (κ2) is 4.39. The molecule has 0 atom stereocenters. The van der Waals surface area contributed by atoms with Gasteiger partial charge in [0.15, 0.2) is 0 Å². The molecule has 0 aliphatic heterocycles. The number of hydrogen-bond acceptors (Lipinski definition) is 2. The molecule has 2 rings (SSSR count). The molecule has 0 saturated carbocycles. The fourth-order valence-electron chi connectivity index (χ4n) is 2.08. The Hall–Kier alpha value is -1.44. The Kier molecular flexibility index (Phi) is 2.95. The minimum atomic E-state index is 0.771. The summed E-state index contributed by atoms with van der Waals surface area (Å²) in [5, 5.41) is 0. The smallest absolute Gasteiger partial charge is 0.142 e. The third-order valence-corrected chi connectivity index (χ3v) is 2.92. The quantitative estimate of drug-likeness (QED) is 0.749. The predicted octanol–water partition coefficient (Wildman–Crippen LogP) is 3.23. The van der Waals surface area contributed by atoms with Crippen LogP contribution in [0.3, 0.4) is 0 Å². The SMILES string of the molecule is COc1cccc(C2=CCCCC2)c1N. The van der Waals surface area contributed by atoms with Crippen LogP contribution in [0, 0.1) is 0 Å². The molecule has 0 amide bonds. The highest BCUT2D eigenvalue weighted by molar-refractivity contribution is 5.78. The maximum atomic E-state index is 6.06. The molecule has 80 valence electrons. The van der Waals surface area contributed by atoms with E-state index < -0.39 is 0 Å². The number of nitrogen functional groups attached to an aromatic ring is 1. The topological polar surface area (TPSA) is 35.2 Å². The van der Waals surface area contributed by atoms with Gasteiger partial charge in [0.1, 0.15) is 5.75 Å². The highest BCUT2D eigenvalue weighted by Crippen LogP contribution is 2.34. The van der Waals surface area contributed by atoms with Crippen LogP contribution < -0.4 is 10.5 Å². The van der Waals surface area contributed by atoms with Crippen molar-refractivity contribution in [3.05, 3.63) is 29.8 Å².